The number of hydrogen-bond acceptors (Lipinski definition) is 5. The van der Waals surface area contributed by atoms with Crippen molar-refractivity contribution in [3.05, 3.63) is 90.3 Å². The Labute approximate surface area is 208 Å². The van der Waals surface area contributed by atoms with Crippen LogP contribution >= 0.6 is 0 Å². The lowest BCUT2D eigenvalue weighted by atomic mass is 10.2. The van der Waals surface area contributed by atoms with Crippen LogP contribution in [0.4, 0.5) is 34.9 Å². The first-order valence-corrected chi connectivity index (χ1v) is 10.6. The van der Waals surface area contributed by atoms with E-state index in [4.69, 9.17) is 9.90 Å². The fourth-order valence-electron chi connectivity index (χ4n) is 3.01. The average molecular weight is 515 g/mol. The van der Waals surface area contributed by atoms with E-state index in [2.05, 4.69) is 20.6 Å². The van der Waals surface area contributed by atoms with Gasteiger partial charge in [-0.2, -0.15) is 13.2 Å². The monoisotopic (exact) mass is 515 g/mol. The average Bonchev–Trinajstić information content (AvgIpc) is 3.24. The molecule has 4 aromatic rings. The lowest BCUT2D eigenvalue weighted by Gasteiger charge is -2.07. The molecule has 0 fully saturated rings. The number of anilines is 3. The number of hydrogen-bond donors (Lipinski definition) is 3. The summed E-state index contributed by atoms with van der Waals surface area (Å²) in [6, 6.07) is 16.0. The van der Waals surface area contributed by atoms with Crippen molar-refractivity contribution in [1.29, 1.82) is 0 Å². The number of nitrogens with zero attached hydrogens (tertiary/aromatic N) is 3. The lowest BCUT2D eigenvalue weighted by Crippen LogP contribution is -2.21. The van der Waals surface area contributed by atoms with Crippen LogP contribution in [0.15, 0.2) is 73.2 Å². The van der Waals surface area contributed by atoms with Crippen molar-refractivity contribution >= 4 is 29.2 Å². The van der Waals surface area contributed by atoms with Crippen molar-refractivity contribution in [2.45, 2.75) is 13.1 Å². The first-order valence-electron chi connectivity index (χ1n) is 10.6. The van der Waals surface area contributed by atoms with Gasteiger partial charge >= 0.3 is 12.1 Å². The van der Waals surface area contributed by atoms with Gasteiger partial charge in [0.25, 0.3) is 5.91 Å². The lowest BCUT2D eigenvalue weighted by molar-refractivity contribution is -0.192. The summed E-state index contributed by atoms with van der Waals surface area (Å²) < 4.78 is 47.2. The van der Waals surface area contributed by atoms with E-state index in [1.807, 2.05) is 36.5 Å². The third-order valence-electron chi connectivity index (χ3n) is 4.92. The maximum atomic E-state index is 13.7. The van der Waals surface area contributed by atoms with Gasteiger partial charge in [0.1, 0.15) is 11.5 Å². The number of para-hydroxylation sites is 1. The van der Waals surface area contributed by atoms with E-state index in [1.165, 1.54) is 6.07 Å². The highest BCUT2D eigenvalue weighted by Crippen LogP contribution is 2.23. The maximum Gasteiger partial charge on any atom is 0.490 e. The van der Waals surface area contributed by atoms with Crippen molar-refractivity contribution in [3.8, 4) is 11.1 Å². The number of nitrogens with one attached hydrogen (secondary N) is 2. The van der Waals surface area contributed by atoms with Crippen LogP contribution in [0.3, 0.4) is 0 Å². The zero-order valence-corrected chi connectivity index (χ0v) is 19.5. The number of aliphatic carboxylic acids is 1. The van der Waals surface area contributed by atoms with E-state index in [-0.39, 0.29) is 11.7 Å². The van der Waals surface area contributed by atoms with Crippen LogP contribution in [0.2, 0.25) is 0 Å². The van der Waals surface area contributed by atoms with Crippen LogP contribution in [0.5, 0.6) is 0 Å². The molecule has 0 aliphatic carbocycles. The highest BCUT2D eigenvalue weighted by Gasteiger charge is 2.38. The molecule has 0 unspecified atom stereocenters. The summed E-state index contributed by atoms with van der Waals surface area (Å²) in [7, 11) is 1.78. The molecule has 8 nitrogen and oxygen atoms in total. The molecule has 0 aliphatic heterocycles. The van der Waals surface area contributed by atoms with Gasteiger partial charge in [-0.05, 0) is 42.8 Å². The summed E-state index contributed by atoms with van der Waals surface area (Å²) in [4.78, 5) is 30.2. The summed E-state index contributed by atoms with van der Waals surface area (Å²) in [6.45, 7) is 1.67. The molecule has 0 atom stereocenters. The quantitative estimate of drug-likeness (QED) is 0.301. The fourth-order valence-corrected chi connectivity index (χ4v) is 3.01. The van der Waals surface area contributed by atoms with Crippen LogP contribution in [-0.2, 0) is 11.8 Å². The van der Waals surface area contributed by atoms with Gasteiger partial charge in [0.2, 0.25) is 5.95 Å². The first-order chi connectivity index (χ1) is 17.4. The van der Waals surface area contributed by atoms with Crippen molar-refractivity contribution in [2.75, 3.05) is 10.6 Å². The number of carboxylic acids is 1. The predicted octanol–water partition coefficient (Wildman–Crippen LogP) is 5.56. The third-order valence-corrected chi connectivity index (χ3v) is 4.92. The number of carbonyl (C=O) groups excluding carboxylic acids is 1. The van der Waals surface area contributed by atoms with Gasteiger partial charge in [0.05, 0.1) is 0 Å². The van der Waals surface area contributed by atoms with E-state index in [0.717, 1.165) is 16.8 Å². The number of rotatable bonds is 5. The minimum atomic E-state index is -5.08. The van der Waals surface area contributed by atoms with Crippen LogP contribution in [0.1, 0.15) is 16.1 Å². The van der Waals surface area contributed by atoms with E-state index in [1.54, 1.807) is 49.1 Å². The molecule has 0 saturated heterocycles. The Morgan fingerprint density at radius 3 is 2.14 bits per heavy atom. The topological polar surface area (TPSA) is 109 Å². The van der Waals surface area contributed by atoms with Gasteiger partial charge in [-0.3, -0.25) is 4.79 Å². The third kappa shape index (κ3) is 7.37. The number of benzene rings is 2. The molecule has 2 aromatic carbocycles. The van der Waals surface area contributed by atoms with E-state index >= 15 is 0 Å². The Hall–Kier alpha value is -4.74. The van der Waals surface area contributed by atoms with Crippen molar-refractivity contribution < 1.29 is 32.3 Å². The van der Waals surface area contributed by atoms with Crippen molar-refractivity contribution in [2.24, 2.45) is 7.05 Å². The second-order valence-electron chi connectivity index (χ2n) is 7.73. The highest BCUT2D eigenvalue weighted by atomic mass is 19.4. The van der Waals surface area contributed by atoms with Gasteiger partial charge in [-0.15, -0.1) is 0 Å². The fraction of sp³-hybridized carbons (Fsp3) is 0.120. The zero-order valence-electron chi connectivity index (χ0n) is 19.5. The van der Waals surface area contributed by atoms with Crippen molar-refractivity contribution in [3.63, 3.8) is 0 Å². The van der Waals surface area contributed by atoms with Crippen LogP contribution in [-0.4, -0.2) is 37.7 Å². The van der Waals surface area contributed by atoms with Gasteiger partial charge in [0, 0.05) is 48.1 Å². The molecule has 0 aliphatic rings. The number of alkyl halides is 3. The smallest absolute Gasteiger partial charge is 0.475 e. The molecule has 0 saturated carbocycles. The van der Waals surface area contributed by atoms with Gasteiger partial charge in [0.15, 0.2) is 0 Å². The summed E-state index contributed by atoms with van der Waals surface area (Å²) >= 11 is 0. The Morgan fingerprint density at radius 1 is 0.946 bits per heavy atom. The molecule has 0 radical (unpaired) electrons. The molecule has 2 aromatic heterocycles. The van der Waals surface area contributed by atoms with E-state index < -0.39 is 12.1 Å². The van der Waals surface area contributed by atoms with Crippen LogP contribution in [0.25, 0.3) is 11.1 Å². The molecule has 0 spiro atoms. The number of aryl methyl sites for hydroxylation is 2. The highest BCUT2D eigenvalue weighted by molar-refractivity contribution is 6.04. The molecule has 4 rings (SSSR count). The molecule has 2 heterocycles. The van der Waals surface area contributed by atoms with E-state index in [0.29, 0.717) is 22.9 Å². The van der Waals surface area contributed by atoms with Crippen LogP contribution < -0.4 is 10.6 Å². The number of halogens is 4. The largest absolute Gasteiger partial charge is 0.490 e. The van der Waals surface area contributed by atoms with Gasteiger partial charge in [-0.1, -0.05) is 24.3 Å². The SMILES string of the molecule is Cc1ccc(NC(=O)c2cc(-c3cnc(Nc4ccccc4)nc3)cn2C)cc1F.O=C(O)C(F)(F)F. The second kappa shape index (κ2) is 11.3. The number of carbonyl (C=O) groups is 2. The molecule has 12 heteroatoms. The molecule has 37 heavy (non-hydrogen) atoms. The van der Waals surface area contributed by atoms with Crippen LogP contribution in [0, 0.1) is 12.7 Å². The molecule has 192 valence electrons. The zero-order chi connectivity index (χ0) is 27.2. The maximum absolute atomic E-state index is 13.7. The standard InChI is InChI=1S/C23H20FN5O.C2HF3O2/c1-15-8-9-19(11-20(15)24)27-22(30)21-10-16(14-29(21)2)17-12-25-23(26-13-17)28-18-6-4-3-5-7-18;3-2(4,5)1(6)7/h3-14H,1-2H3,(H,27,30)(H,25,26,28);(H,6,7). The second-order valence-corrected chi connectivity index (χ2v) is 7.73. The molecular weight excluding hydrogens is 494 g/mol. The molecule has 1 amide bonds. The van der Waals surface area contributed by atoms with Gasteiger partial charge < -0.3 is 20.3 Å². The first kappa shape index (κ1) is 26.9. The number of aromatic nitrogens is 3. The predicted molar refractivity (Wildman–Crippen MR) is 129 cm³/mol. The number of carboxylic acid groups (broad SMARTS) is 1. The summed E-state index contributed by atoms with van der Waals surface area (Å²) in [5, 5.41) is 13.0. The minimum absolute atomic E-state index is 0.324. The molecule has 0 bridgehead atoms. The molecular formula is C25H21F4N5O3. The Kier molecular flexibility index (Phi) is 8.23. The van der Waals surface area contributed by atoms with Gasteiger partial charge in [-0.25, -0.2) is 19.2 Å². The Morgan fingerprint density at radius 2 is 1.57 bits per heavy atom. The Bertz CT molecular complexity index is 1390. The normalized spacial score (nSPS) is 10.8. The molecule has 3 N–H and O–H groups in total. The van der Waals surface area contributed by atoms with Crippen molar-refractivity contribution in [1.82, 2.24) is 14.5 Å². The summed E-state index contributed by atoms with van der Waals surface area (Å²) in [5.74, 6) is -2.95. The number of amides is 1. The Balaban J connectivity index is 0.000000479. The minimum Gasteiger partial charge on any atom is -0.475 e. The summed E-state index contributed by atoms with van der Waals surface area (Å²) in [5.41, 5.74) is 3.87. The summed E-state index contributed by atoms with van der Waals surface area (Å²) in [6.07, 6.45) is 0.142. The van der Waals surface area contributed by atoms with E-state index in [9.17, 15) is 22.4 Å².